The summed E-state index contributed by atoms with van der Waals surface area (Å²) in [6, 6.07) is 6.18. The molecule has 0 radical (unpaired) electrons. The number of hydrogen-bond acceptors (Lipinski definition) is 2. The van der Waals surface area contributed by atoms with E-state index in [0.29, 0.717) is 10.0 Å². The number of fused-ring (bicyclic) bond motifs is 1. The summed E-state index contributed by atoms with van der Waals surface area (Å²) in [5, 5.41) is 4.73. The van der Waals surface area contributed by atoms with Crippen LogP contribution in [-0.4, -0.2) is 31.6 Å². The molecule has 1 aliphatic carbocycles. The Labute approximate surface area is 137 Å². The molecule has 2 fully saturated rings. The Morgan fingerprint density at radius 3 is 2.62 bits per heavy atom. The summed E-state index contributed by atoms with van der Waals surface area (Å²) >= 11 is 12.5. The van der Waals surface area contributed by atoms with Gasteiger partial charge in [0.2, 0.25) is 0 Å². The van der Waals surface area contributed by atoms with Crippen molar-refractivity contribution in [3.05, 3.63) is 33.8 Å². The Kier molecular flexibility index (Phi) is 5.11. The molecule has 3 atom stereocenters. The SMILES string of the molecule is CNC(CCN1CC2CCCC2C1)c1cccc(Cl)c1Cl. The molecule has 1 N–H and O–H groups in total. The molecule has 2 nitrogen and oxygen atoms in total. The van der Waals surface area contributed by atoms with Gasteiger partial charge in [-0.05, 0) is 56.3 Å². The van der Waals surface area contributed by atoms with Crippen LogP contribution in [0.25, 0.3) is 0 Å². The van der Waals surface area contributed by atoms with Crippen molar-refractivity contribution in [1.82, 2.24) is 10.2 Å². The fourth-order valence-corrected chi connectivity index (χ4v) is 4.51. The van der Waals surface area contributed by atoms with Crippen molar-refractivity contribution in [3.63, 3.8) is 0 Å². The minimum Gasteiger partial charge on any atom is -0.313 e. The normalized spacial score (nSPS) is 27.0. The van der Waals surface area contributed by atoms with Gasteiger partial charge in [0.25, 0.3) is 0 Å². The summed E-state index contributed by atoms with van der Waals surface area (Å²) < 4.78 is 0. The second-order valence-electron chi connectivity index (χ2n) is 6.48. The van der Waals surface area contributed by atoms with Crippen LogP contribution in [0.5, 0.6) is 0 Å². The van der Waals surface area contributed by atoms with E-state index in [1.165, 1.54) is 32.4 Å². The molecule has 0 bridgehead atoms. The molecular weight excluding hydrogens is 303 g/mol. The quantitative estimate of drug-likeness (QED) is 0.863. The molecule has 116 valence electrons. The van der Waals surface area contributed by atoms with Gasteiger partial charge in [0.1, 0.15) is 0 Å². The van der Waals surface area contributed by atoms with Crippen molar-refractivity contribution in [2.45, 2.75) is 31.7 Å². The molecule has 0 aromatic heterocycles. The van der Waals surface area contributed by atoms with Crippen molar-refractivity contribution < 1.29 is 0 Å². The molecule has 21 heavy (non-hydrogen) atoms. The van der Waals surface area contributed by atoms with Gasteiger partial charge in [0.05, 0.1) is 10.0 Å². The van der Waals surface area contributed by atoms with Crippen LogP contribution in [0.2, 0.25) is 10.0 Å². The Morgan fingerprint density at radius 1 is 1.24 bits per heavy atom. The van der Waals surface area contributed by atoms with E-state index in [-0.39, 0.29) is 6.04 Å². The number of nitrogens with one attached hydrogen (secondary N) is 1. The lowest BCUT2D eigenvalue weighted by atomic mass is 10.0. The molecule has 1 aromatic rings. The maximum atomic E-state index is 6.35. The van der Waals surface area contributed by atoms with Gasteiger partial charge in [-0.2, -0.15) is 0 Å². The first-order valence-corrected chi connectivity index (χ1v) is 8.78. The molecule has 1 heterocycles. The molecule has 1 saturated carbocycles. The number of benzene rings is 1. The second-order valence-corrected chi connectivity index (χ2v) is 7.27. The van der Waals surface area contributed by atoms with Gasteiger partial charge in [-0.1, -0.05) is 41.8 Å². The minimum atomic E-state index is 0.275. The van der Waals surface area contributed by atoms with Gasteiger partial charge in [0.15, 0.2) is 0 Å². The van der Waals surface area contributed by atoms with Gasteiger partial charge in [0, 0.05) is 19.1 Å². The van der Waals surface area contributed by atoms with E-state index in [1.807, 2.05) is 19.2 Å². The average molecular weight is 327 g/mol. The van der Waals surface area contributed by atoms with Crippen LogP contribution < -0.4 is 5.32 Å². The lowest BCUT2D eigenvalue weighted by Gasteiger charge is -2.23. The van der Waals surface area contributed by atoms with E-state index in [0.717, 1.165) is 30.4 Å². The Hall–Kier alpha value is -0.280. The predicted molar refractivity (Wildman–Crippen MR) is 90.2 cm³/mol. The van der Waals surface area contributed by atoms with E-state index in [9.17, 15) is 0 Å². The Morgan fingerprint density at radius 2 is 1.95 bits per heavy atom. The predicted octanol–water partition coefficient (Wildman–Crippen LogP) is 4.38. The average Bonchev–Trinajstić information content (AvgIpc) is 3.05. The molecular formula is C17H24Cl2N2. The zero-order chi connectivity index (χ0) is 14.8. The zero-order valence-electron chi connectivity index (χ0n) is 12.6. The van der Waals surface area contributed by atoms with Crippen LogP contribution in [0.1, 0.15) is 37.3 Å². The number of nitrogens with zero attached hydrogens (tertiary/aromatic N) is 1. The molecule has 1 aromatic carbocycles. The summed E-state index contributed by atoms with van der Waals surface area (Å²) in [6.45, 7) is 3.73. The maximum Gasteiger partial charge on any atom is 0.0640 e. The number of halogens is 2. The van der Waals surface area contributed by atoms with Crippen molar-refractivity contribution >= 4 is 23.2 Å². The van der Waals surface area contributed by atoms with Crippen molar-refractivity contribution in [3.8, 4) is 0 Å². The van der Waals surface area contributed by atoms with Crippen LogP contribution in [-0.2, 0) is 0 Å². The second kappa shape index (κ2) is 6.87. The number of likely N-dealkylation sites (tertiary alicyclic amines) is 1. The fourth-order valence-electron chi connectivity index (χ4n) is 4.07. The summed E-state index contributed by atoms with van der Waals surface area (Å²) in [7, 11) is 2.00. The van der Waals surface area contributed by atoms with Crippen LogP contribution >= 0.6 is 23.2 Å². The van der Waals surface area contributed by atoms with Crippen molar-refractivity contribution in [2.24, 2.45) is 11.8 Å². The van der Waals surface area contributed by atoms with Gasteiger partial charge in [-0.25, -0.2) is 0 Å². The molecule has 2 aliphatic rings. The van der Waals surface area contributed by atoms with Crippen LogP contribution in [0, 0.1) is 11.8 Å². The standard InChI is InChI=1S/C17H24Cl2N2/c1-20-16(14-6-3-7-15(18)17(14)19)8-9-21-10-12-4-2-5-13(12)11-21/h3,6-7,12-13,16,20H,2,4-5,8-11H2,1H3. The highest BCUT2D eigenvalue weighted by Crippen LogP contribution is 2.38. The van der Waals surface area contributed by atoms with E-state index in [4.69, 9.17) is 23.2 Å². The highest BCUT2D eigenvalue weighted by atomic mass is 35.5. The van der Waals surface area contributed by atoms with Crippen molar-refractivity contribution in [2.75, 3.05) is 26.7 Å². The first-order valence-electron chi connectivity index (χ1n) is 8.02. The molecule has 0 spiro atoms. The molecule has 3 rings (SSSR count). The largest absolute Gasteiger partial charge is 0.313 e. The van der Waals surface area contributed by atoms with E-state index < -0.39 is 0 Å². The molecule has 1 saturated heterocycles. The number of rotatable bonds is 5. The highest BCUT2D eigenvalue weighted by Gasteiger charge is 2.35. The van der Waals surface area contributed by atoms with Crippen LogP contribution in [0.4, 0.5) is 0 Å². The van der Waals surface area contributed by atoms with Crippen molar-refractivity contribution in [1.29, 1.82) is 0 Å². The smallest absolute Gasteiger partial charge is 0.0640 e. The third-order valence-electron chi connectivity index (χ3n) is 5.24. The first kappa shape index (κ1) is 15.6. The molecule has 1 aliphatic heterocycles. The third-order valence-corrected chi connectivity index (χ3v) is 6.07. The Balaban J connectivity index is 1.59. The van der Waals surface area contributed by atoms with Gasteiger partial charge >= 0.3 is 0 Å². The molecule has 0 amide bonds. The summed E-state index contributed by atoms with van der Waals surface area (Å²) in [4.78, 5) is 2.64. The lowest BCUT2D eigenvalue weighted by Crippen LogP contribution is -2.27. The van der Waals surface area contributed by atoms with Crippen LogP contribution in [0.15, 0.2) is 18.2 Å². The minimum absolute atomic E-state index is 0.275. The summed E-state index contributed by atoms with van der Waals surface area (Å²) in [6.07, 6.45) is 5.41. The molecule has 4 heteroatoms. The summed E-state index contributed by atoms with van der Waals surface area (Å²) in [5.41, 5.74) is 1.12. The van der Waals surface area contributed by atoms with Gasteiger partial charge in [-0.3, -0.25) is 0 Å². The third kappa shape index (κ3) is 3.39. The monoisotopic (exact) mass is 326 g/mol. The van der Waals surface area contributed by atoms with E-state index >= 15 is 0 Å². The first-order chi connectivity index (χ1) is 10.2. The van der Waals surface area contributed by atoms with Crippen LogP contribution in [0.3, 0.4) is 0 Å². The van der Waals surface area contributed by atoms with Gasteiger partial charge < -0.3 is 10.2 Å². The Bertz CT molecular complexity index is 480. The van der Waals surface area contributed by atoms with Gasteiger partial charge in [-0.15, -0.1) is 0 Å². The fraction of sp³-hybridized carbons (Fsp3) is 0.647. The lowest BCUT2D eigenvalue weighted by molar-refractivity contribution is 0.291. The topological polar surface area (TPSA) is 15.3 Å². The highest BCUT2D eigenvalue weighted by molar-refractivity contribution is 6.42. The number of hydrogen-bond donors (Lipinski definition) is 1. The molecule has 3 unspecified atom stereocenters. The van der Waals surface area contributed by atoms with E-state index in [2.05, 4.69) is 16.3 Å². The zero-order valence-corrected chi connectivity index (χ0v) is 14.1. The summed E-state index contributed by atoms with van der Waals surface area (Å²) in [5.74, 6) is 1.93. The maximum absolute atomic E-state index is 6.35. The van der Waals surface area contributed by atoms with E-state index in [1.54, 1.807) is 0 Å².